The molecule has 2 bridgehead atoms. The van der Waals surface area contributed by atoms with Gasteiger partial charge in [0.25, 0.3) is 11.6 Å². The predicted molar refractivity (Wildman–Crippen MR) is 99.6 cm³/mol. The van der Waals surface area contributed by atoms with E-state index in [2.05, 4.69) is 20.8 Å². The number of rotatable bonds is 4. The van der Waals surface area contributed by atoms with E-state index in [1.807, 2.05) is 4.90 Å². The number of likely N-dealkylation sites (tertiary alicyclic amines) is 1. The SMILES string of the molecule is CC1(C)C[C@H]2C[C@](C)(CN2C(=O)COC(=O)c2ccc(Cl)c([N+](=O)[O-])c2)C1. The molecule has 1 aliphatic heterocycles. The minimum Gasteiger partial charge on any atom is -0.452 e. The molecule has 1 saturated heterocycles. The summed E-state index contributed by atoms with van der Waals surface area (Å²) in [6.45, 7) is 6.94. The van der Waals surface area contributed by atoms with Crippen LogP contribution >= 0.6 is 11.6 Å². The fourth-order valence-corrected chi connectivity index (χ4v) is 5.01. The van der Waals surface area contributed by atoms with Crippen LogP contribution in [0.3, 0.4) is 0 Å². The Morgan fingerprint density at radius 2 is 2.04 bits per heavy atom. The first-order chi connectivity index (χ1) is 12.5. The Hall–Kier alpha value is -2.15. The van der Waals surface area contributed by atoms with Crippen molar-refractivity contribution in [3.8, 4) is 0 Å². The average Bonchev–Trinajstić information content (AvgIpc) is 2.81. The van der Waals surface area contributed by atoms with Gasteiger partial charge in [0.05, 0.1) is 10.5 Å². The Morgan fingerprint density at radius 3 is 2.70 bits per heavy atom. The van der Waals surface area contributed by atoms with Crippen molar-refractivity contribution in [2.75, 3.05) is 13.2 Å². The van der Waals surface area contributed by atoms with Gasteiger partial charge in [0.15, 0.2) is 6.61 Å². The van der Waals surface area contributed by atoms with Crippen LogP contribution in [0.2, 0.25) is 5.02 Å². The molecule has 146 valence electrons. The standard InChI is InChI=1S/C19H23ClN2O5/c1-18(2)7-13-8-19(3,10-18)11-21(13)16(23)9-27-17(24)12-4-5-14(20)15(6-12)22(25)26/h4-6,13H,7-11H2,1-3H3/t13-,19-/m0/s1. The lowest BCUT2D eigenvalue weighted by Crippen LogP contribution is -2.39. The number of hydrogen-bond acceptors (Lipinski definition) is 5. The van der Waals surface area contributed by atoms with E-state index < -0.39 is 10.9 Å². The molecule has 27 heavy (non-hydrogen) atoms. The van der Waals surface area contributed by atoms with Crippen LogP contribution < -0.4 is 0 Å². The Labute approximate surface area is 162 Å². The number of amides is 1. The molecule has 8 heteroatoms. The van der Waals surface area contributed by atoms with Crippen LogP contribution in [0.5, 0.6) is 0 Å². The van der Waals surface area contributed by atoms with Crippen LogP contribution in [0, 0.1) is 20.9 Å². The van der Waals surface area contributed by atoms with Crippen LogP contribution in [-0.2, 0) is 9.53 Å². The number of carbonyl (C=O) groups is 2. The highest BCUT2D eigenvalue weighted by molar-refractivity contribution is 6.32. The lowest BCUT2D eigenvalue weighted by Gasteiger charge is -2.39. The number of nitrogens with zero attached hydrogens (tertiary/aromatic N) is 2. The van der Waals surface area contributed by atoms with Crippen molar-refractivity contribution in [1.82, 2.24) is 4.90 Å². The number of benzene rings is 1. The molecular weight excluding hydrogens is 372 g/mol. The number of carbonyl (C=O) groups excluding carboxylic acids is 2. The highest BCUT2D eigenvalue weighted by Gasteiger charge is 2.50. The van der Waals surface area contributed by atoms with Crippen LogP contribution in [-0.4, -0.2) is 40.9 Å². The third-order valence-electron chi connectivity index (χ3n) is 5.44. The summed E-state index contributed by atoms with van der Waals surface area (Å²) in [5.74, 6) is -1.00. The molecule has 0 unspecified atom stereocenters. The summed E-state index contributed by atoms with van der Waals surface area (Å²) in [7, 11) is 0. The molecule has 1 heterocycles. The third-order valence-corrected chi connectivity index (χ3v) is 5.76. The van der Waals surface area contributed by atoms with E-state index in [1.54, 1.807) is 0 Å². The van der Waals surface area contributed by atoms with Gasteiger partial charge in [-0.2, -0.15) is 0 Å². The topological polar surface area (TPSA) is 89.8 Å². The van der Waals surface area contributed by atoms with Crippen molar-refractivity contribution in [3.05, 3.63) is 38.9 Å². The van der Waals surface area contributed by atoms with Gasteiger partial charge in [-0.05, 0) is 42.2 Å². The Morgan fingerprint density at radius 1 is 1.33 bits per heavy atom. The molecule has 1 aliphatic carbocycles. The summed E-state index contributed by atoms with van der Waals surface area (Å²) >= 11 is 5.74. The van der Waals surface area contributed by atoms with Gasteiger partial charge in [-0.15, -0.1) is 0 Å². The summed E-state index contributed by atoms with van der Waals surface area (Å²) in [6.07, 6.45) is 2.97. The molecule has 1 saturated carbocycles. The van der Waals surface area contributed by atoms with Crippen molar-refractivity contribution < 1.29 is 19.2 Å². The van der Waals surface area contributed by atoms with Gasteiger partial charge < -0.3 is 9.64 Å². The van der Waals surface area contributed by atoms with Gasteiger partial charge in [0.1, 0.15) is 5.02 Å². The molecule has 0 radical (unpaired) electrons. The average molecular weight is 395 g/mol. The number of fused-ring (bicyclic) bond motifs is 2. The number of ether oxygens (including phenoxy) is 1. The molecule has 1 aromatic carbocycles. The van der Waals surface area contributed by atoms with Gasteiger partial charge in [-0.3, -0.25) is 14.9 Å². The fraction of sp³-hybridized carbons (Fsp3) is 0.579. The third kappa shape index (κ3) is 4.08. The lowest BCUT2D eigenvalue weighted by molar-refractivity contribution is -0.384. The maximum atomic E-state index is 12.6. The summed E-state index contributed by atoms with van der Waals surface area (Å²) < 4.78 is 5.11. The van der Waals surface area contributed by atoms with E-state index in [0.29, 0.717) is 6.54 Å². The highest BCUT2D eigenvalue weighted by Crippen LogP contribution is 2.52. The molecule has 2 fully saturated rings. The van der Waals surface area contributed by atoms with E-state index in [0.717, 1.165) is 25.3 Å². The maximum absolute atomic E-state index is 12.6. The van der Waals surface area contributed by atoms with Crippen molar-refractivity contribution >= 4 is 29.2 Å². The van der Waals surface area contributed by atoms with Crippen LogP contribution in [0.15, 0.2) is 18.2 Å². The van der Waals surface area contributed by atoms with Crippen molar-refractivity contribution in [2.24, 2.45) is 10.8 Å². The van der Waals surface area contributed by atoms with Gasteiger partial charge in [-0.25, -0.2) is 4.79 Å². The lowest BCUT2D eigenvalue weighted by atomic mass is 9.65. The molecule has 2 atom stereocenters. The zero-order valence-electron chi connectivity index (χ0n) is 15.7. The molecule has 3 rings (SSSR count). The molecule has 7 nitrogen and oxygen atoms in total. The molecule has 1 aromatic rings. The van der Waals surface area contributed by atoms with Gasteiger partial charge in [0.2, 0.25) is 0 Å². The number of hydrogen-bond donors (Lipinski definition) is 0. The Balaban J connectivity index is 1.64. The van der Waals surface area contributed by atoms with Gasteiger partial charge in [-0.1, -0.05) is 32.4 Å². The minimum absolute atomic E-state index is 0.00726. The molecule has 0 N–H and O–H groups in total. The Bertz CT molecular complexity index is 809. The largest absolute Gasteiger partial charge is 0.452 e. The molecular formula is C19H23ClN2O5. The highest BCUT2D eigenvalue weighted by atomic mass is 35.5. The van der Waals surface area contributed by atoms with Crippen LogP contribution in [0.1, 0.15) is 50.4 Å². The quantitative estimate of drug-likeness (QED) is 0.439. The first-order valence-electron chi connectivity index (χ1n) is 8.90. The number of nitro benzene ring substituents is 1. The van der Waals surface area contributed by atoms with E-state index >= 15 is 0 Å². The van der Waals surface area contributed by atoms with Crippen LogP contribution in [0.4, 0.5) is 5.69 Å². The normalized spacial score (nSPS) is 25.9. The first kappa shape index (κ1) is 19.6. The second-order valence-corrected chi connectivity index (χ2v) is 9.14. The summed E-state index contributed by atoms with van der Waals surface area (Å²) in [4.78, 5) is 36.9. The summed E-state index contributed by atoms with van der Waals surface area (Å²) in [5.41, 5.74) is -0.0952. The molecule has 1 amide bonds. The smallest absolute Gasteiger partial charge is 0.338 e. The number of halogens is 1. The Kier molecular flexibility index (Phi) is 4.93. The maximum Gasteiger partial charge on any atom is 0.338 e. The fourth-order valence-electron chi connectivity index (χ4n) is 4.82. The van der Waals surface area contributed by atoms with Crippen molar-refractivity contribution in [3.63, 3.8) is 0 Å². The number of esters is 1. The minimum atomic E-state index is -0.781. The van der Waals surface area contributed by atoms with Crippen molar-refractivity contribution in [2.45, 2.75) is 46.1 Å². The van der Waals surface area contributed by atoms with E-state index in [9.17, 15) is 19.7 Å². The predicted octanol–water partition coefficient (Wildman–Crippen LogP) is 3.83. The monoisotopic (exact) mass is 394 g/mol. The van der Waals surface area contributed by atoms with E-state index in [4.69, 9.17) is 16.3 Å². The zero-order chi connectivity index (χ0) is 20.0. The second-order valence-electron chi connectivity index (χ2n) is 8.73. The van der Waals surface area contributed by atoms with Gasteiger partial charge in [0, 0.05) is 18.7 Å². The zero-order valence-corrected chi connectivity index (χ0v) is 16.4. The second kappa shape index (κ2) is 6.78. The molecule has 0 aromatic heterocycles. The number of nitro groups is 1. The summed E-state index contributed by atoms with van der Waals surface area (Å²) in [6, 6.07) is 3.84. The summed E-state index contributed by atoms with van der Waals surface area (Å²) in [5, 5.41) is 10.9. The van der Waals surface area contributed by atoms with Crippen LogP contribution in [0.25, 0.3) is 0 Å². The van der Waals surface area contributed by atoms with Gasteiger partial charge >= 0.3 is 5.97 Å². The van der Waals surface area contributed by atoms with Crippen molar-refractivity contribution in [1.29, 1.82) is 0 Å². The first-order valence-corrected chi connectivity index (χ1v) is 9.28. The van der Waals surface area contributed by atoms with E-state index in [-0.39, 0.29) is 45.7 Å². The molecule has 0 spiro atoms. The van der Waals surface area contributed by atoms with E-state index in [1.165, 1.54) is 12.1 Å². The molecule has 2 aliphatic rings.